The van der Waals surface area contributed by atoms with Crippen LogP contribution in [-0.4, -0.2) is 26.3 Å². The van der Waals surface area contributed by atoms with Crippen molar-refractivity contribution in [1.82, 2.24) is 4.31 Å². The smallest absolute Gasteiger partial charge is 0.207 e. The minimum atomic E-state index is -3.74. The SMILES string of the molecule is CCCCN(C)S(=O)(=O)c1cc(Br)ccc1F. The molecule has 0 amide bonds. The molecule has 1 aromatic carbocycles. The standard InChI is InChI=1S/C11H15BrFNO2S/c1-3-4-7-14(2)17(15,16)11-8-9(12)5-6-10(11)13/h5-6,8H,3-4,7H2,1-2H3. The lowest BCUT2D eigenvalue weighted by molar-refractivity contribution is 0.453. The fourth-order valence-electron chi connectivity index (χ4n) is 1.34. The van der Waals surface area contributed by atoms with Crippen LogP contribution in [0, 0.1) is 5.82 Å². The van der Waals surface area contributed by atoms with Crippen LogP contribution in [0.5, 0.6) is 0 Å². The highest BCUT2D eigenvalue weighted by Gasteiger charge is 2.24. The van der Waals surface area contributed by atoms with Crippen LogP contribution >= 0.6 is 15.9 Å². The predicted molar refractivity (Wildman–Crippen MR) is 68.8 cm³/mol. The third kappa shape index (κ3) is 3.50. The van der Waals surface area contributed by atoms with Gasteiger partial charge in [-0.3, -0.25) is 0 Å². The van der Waals surface area contributed by atoms with E-state index in [9.17, 15) is 12.8 Å². The van der Waals surface area contributed by atoms with Crippen LogP contribution in [0.4, 0.5) is 4.39 Å². The summed E-state index contributed by atoms with van der Waals surface area (Å²) in [6.07, 6.45) is 1.65. The van der Waals surface area contributed by atoms with Gasteiger partial charge in [0.05, 0.1) is 0 Å². The molecule has 0 unspecified atom stereocenters. The van der Waals surface area contributed by atoms with Gasteiger partial charge in [0, 0.05) is 18.1 Å². The number of sulfonamides is 1. The molecule has 0 heterocycles. The molecule has 1 aromatic rings. The zero-order valence-electron chi connectivity index (χ0n) is 9.78. The molecular weight excluding hydrogens is 309 g/mol. The van der Waals surface area contributed by atoms with Crippen molar-refractivity contribution in [3.63, 3.8) is 0 Å². The summed E-state index contributed by atoms with van der Waals surface area (Å²) in [5.41, 5.74) is 0. The van der Waals surface area contributed by atoms with E-state index in [1.165, 1.54) is 23.5 Å². The van der Waals surface area contributed by atoms with Crippen LogP contribution in [0.25, 0.3) is 0 Å². The number of nitrogens with zero attached hydrogens (tertiary/aromatic N) is 1. The molecule has 0 saturated heterocycles. The highest BCUT2D eigenvalue weighted by molar-refractivity contribution is 9.10. The molecule has 0 N–H and O–H groups in total. The molecule has 3 nitrogen and oxygen atoms in total. The Morgan fingerprint density at radius 3 is 2.65 bits per heavy atom. The van der Waals surface area contributed by atoms with E-state index in [1.54, 1.807) is 0 Å². The van der Waals surface area contributed by atoms with Crippen LogP contribution in [0.3, 0.4) is 0 Å². The number of rotatable bonds is 5. The molecule has 6 heteroatoms. The molecule has 0 spiro atoms. The van der Waals surface area contributed by atoms with Gasteiger partial charge in [-0.15, -0.1) is 0 Å². The molecule has 0 saturated carbocycles. The molecular formula is C11H15BrFNO2S. The van der Waals surface area contributed by atoms with Crippen molar-refractivity contribution in [3.8, 4) is 0 Å². The van der Waals surface area contributed by atoms with E-state index in [1.807, 2.05) is 6.92 Å². The maximum Gasteiger partial charge on any atom is 0.245 e. The average molecular weight is 324 g/mol. The molecule has 0 aromatic heterocycles. The highest BCUT2D eigenvalue weighted by atomic mass is 79.9. The second-order valence-corrected chi connectivity index (χ2v) is 6.68. The van der Waals surface area contributed by atoms with Crippen molar-refractivity contribution in [2.24, 2.45) is 0 Å². The van der Waals surface area contributed by atoms with Gasteiger partial charge in [0.25, 0.3) is 0 Å². The van der Waals surface area contributed by atoms with Gasteiger partial charge in [0.2, 0.25) is 10.0 Å². The van der Waals surface area contributed by atoms with Crippen molar-refractivity contribution < 1.29 is 12.8 Å². The minimum Gasteiger partial charge on any atom is -0.207 e. The molecule has 0 fully saturated rings. The lowest BCUT2D eigenvalue weighted by atomic mass is 10.3. The van der Waals surface area contributed by atoms with Gasteiger partial charge in [-0.25, -0.2) is 17.1 Å². The van der Waals surface area contributed by atoms with Crippen LogP contribution in [-0.2, 0) is 10.0 Å². The van der Waals surface area contributed by atoms with Crippen LogP contribution < -0.4 is 0 Å². The topological polar surface area (TPSA) is 37.4 Å². The number of hydrogen-bond donors (Lipinski definition) is 0. The van der Waals surface area contributed by atoms with E-state index in [0.29, 0.717) is 11.0 Å². The van der Waals surface area contributed by atoms with Crippen molar-refractivity contribution in [2.45, 2.75) is 24.7 Å². The Labute approximate surface area is 110 Å². The predicted octanol–water partition coefficient (Wildman–Crippen LogP) is 3.01. The maximum absolute atomic E-state index is 13.5. The first-order chi connectivity index (χ1) is 7.89. The van der Waals surface area contributed by atoms with Crippen molar-refractivity contribution in [2.75, 3.05) is 13.6 Å². The number of unbranched alkanes of at least 4 members (excludes halogenated alkanes) is 1. The quantitative estimate of drug-likeness (QED) is 0.835. The van der Waals surface area contributed by atoms with E-state index in [2.05, 4.69) is 15.9 Å². The maximum atomic E-state index is 13.5. The summed E-state index contributed by atoms with van der Waals surface area (Å²) in [7, 11) is -2.27. The van der Waals surface area contributed by atoms with Gasteiger partial charge in [0.15, 0.2) is 0 Å². The fraction of sp³-hybridized carbons (Fsp3) is 0.455. The second kappa shape index (κ2) is 5.93. The number of hydrogen-bond acceptors (Lipinski definition) is 2. The van der Waals surface area contributed by atoms with Gasteiger partial charge in [-0.05, 0) is 24.6 Å². The molecule has 96 valence electrons. The number of halogens is 2. The van der Waals surface area contributed by atoms with Crippen molar-refractivity contribution in [1.29, 1.82) is 0 Å². The largest absolute Gasteiger partial charge is 0.245 e. The molecule has 0 aliphatic heterocycles. The van der Waals surface area contributed by atoms with Crippen LogP contribution in [0.15, 0.2) is 27.6 Å². The zero-order chi connectivity index (χ0) is 13.1. The summed E-state index contributed by atoms with van der Waals surface area (Å²) in [6, 6.07) is 3.90. The van der Waals surface area contributed by atoms with Gasteiger partial charge in [-0.1, -0.05) is 29.3 Å². The van der Waals surface area contributed by atoms with Gasteiger partial charge in [0.1, 0.15) is 10.7 Å². The van der Waals surface area contributed by atoms with E-state index in [-0.39, 0.29) is 4.90 Å². The second-order valence-electron chi connectivity index (χ2n) is 3.75. The van der Waals surface area contributed by atoms with E-state index >= 15 is 0 Å². The lowest BCUT2D eigenvalue weighted by Gasteiger charge is -2.17. The summed E-state index contributed by atoms with van der Waals surface area (Å²) in [4.78, 5) is -0.287. The van der Waals surface area contributed by atoms with Gasteiger partial charge >= 0.3 is 0 Å². The average Bonchev–Trinajstić information content (AvgIpc) is 2.28. The number of benzene rings is 1. The third-order valence-corrected chi connectivity index (χ3v) is 4.77. The first-order valence-corrected chi connectivity index (χ1v) is 7.54. The zero-order valence-corrected chi connectivity index (χ0v) is 12.2. The van der Waals surface area contributed by atoms with E-state index < -0.39 is 15.8 Å². The Hall–Kier alpha value is -0.460. The molecule has 0 aliphatic rings. The van der Waals surface area contributed by atoms with E-state index in [4.69, 9.17) is 0 Å². The normalized spacial score (nSPS) is 12.1. The van der Waals surface area contributed by atoms with Gasteiger partial charge < -0.3 is 0 Å². The third-order valence-electron chi connectivity index (χ3n) is 2.41. The Balaban J connectivity index is 3.08. The molecule has 0 atom stereocenters. The monoisotopic (exact) mass is 323 g/mol. The lowest BCUT2D eigenvalue weighted by Crippen LogP contribution is -2.28. The summed E-state index contributed by atoms with van der Waals surface area (Å²) in [5.74, 6) is -0.725. The van der Waals surface area contributed by atoms with E-state index in [0.717, 1.165) is 18.9 Å². The molecule has 1 rings (SSSR count). The Morgan fingerprint density at radius 1 is 1.41 bits per heavy atom. The first-order valence-electron chi connectivity index (χ1n) is 5.31. The summed E-state index contributed by atoms with van der Waals surface area (Å²) >= 11 is 3.14. The Kier molecular flexibility index (Phi) is 5.09. The Morgan fingerprint density at radius 2 is 2.06 bits per heavy atom. The fourth-order valence-corrected chi connectivity index (χ4v) is 3.15. The molecule has 0 bridgehead atoms. The molecule has 17 heavy (non-hydrogen) atoms. The summed E-state index contributed by atoms with van der Waals surface area (Å²) in [5, 5.41) is 0. The Bertz CT molecular complexity index is 490. The van der Waals surface area contributed by atoms with Gasteiger partial charge in [-0.2, -0.15) is 0 Å². The van der Waals surface area contributed by atoms with Crippen molar-refractivity contribution in [3.05, 3.63) is 28.5 Å². The van der Waals surface area contributed by atoms with Crippen molar-refractivity contribution >= 4 is 26.0 Å². The molecule has 0 radical (unpaired) electrons. The summed E-state index contributed by atoms with van der Waals surface area (Å²) < 4.78 is 39.4. The highest BCUT2D eigenvalue weighted by Crippen LogP contribution is 2.22. The molecule has 0 aliphatic carbocycles. The van der Waals surface area contributed by atoms with Crippen LogP contribution in [0.2, 0.25) is 0 Å². The minimum absolute atomic E-state index is 0.287. The van der Waals surface area contributed by atoms with Crippen LogP contribution in [0.1, 0.15) is 19.8 Å². The summed E-state index contributed by atoms with van der Waals surface area (Å²) in [6.45, 7) is 2.37. The first kappa shape index (κ1) is 14.6.